The van der Waals surface area contributed by atoms with Gasteiger partial charge in [0.15, 0.2) is 0 Å². The Morgan fingerprint density at radius 1 is 0.892 bits per heavy atom. The van der Waals surface area contributed by atoms with Crippen molar-refractivity contribution < 1.29 is 23.4 Å². The van der Waals surface area contributed by atoms with Crippen molar-refractivity contribution in [1.29, 1.82) is 0 Å². The van der Waals surface area contributed by atoms with Crippen molar-refractivity contribution in [3.05, 3.63) is 85.2 Å². The van der Waals surface area contributed by atoms with E-state index in [0.29, 0.717) is 35.0 Å². The lowest BCUT2D eigenvalue weighted by molar-refractivity contribution is -0.140. The number of esters is 1. The van der Waals surface area contributed by atoms with Gasteiger partial charge in [0.2, 0.25) is 11.6 Å². The third kappa shape index (κ3) is 5.23. The van der Waals surface area contributed by atoms with Crippen LogP contribution in [0.5, 0.6) is 17.4 Å². The summed E-state index contributed by atoms with van der Waals surface area (Å²) in [5, 5.41) is 3.87. The first-order valence-corrected chi connectivity index (χ1v) is 11.7. The van der Waals surface area contributed by atoms with Crippen LogP contribution in [0.25, 0.3) is 33.6 Å². The van der Waals surface area contributed by atoms with Gasteiger partial charge in [0.05, 0.1) is 20.6 Å². The third-order valence-corrected chi connectivity index (χ3v) is 5.80. The molecule has 0 aliphatic heterocycles. The maximum absolute atomic E-state index is 11.4. The van der Waals surface area contributed by atoms with Crippen LogP contribution in [0.15, 0.2) is 89.6 Å². The number of hydrogen-bond donors (Lipinski definition) is 1. The van der Waals surface area contributed by atoms with Gasteiger partial charge in [-0.25, -0.2) is 9.97 Å². The van der Waals surface area contributed by atoms with E-state index in [-0.39, 0.29) is 12.4 Å². The summed E-state index contributed by atoms with van der Waals surface area (Å²) in [6.07, 6.45) is 1.68. The smallest absolute Gasteiger partial charge is 0.307 e. The monoisotopic (exact) mass is 495 g/mol. The molecule has 5 aromatic rings. The van der Waals surface area contributed by atoms with Gasteiger partial charge < -0.3 is 23.9 Å². The number of aromatic nitrogens is 2. The molecule has 2 heterocycles. The van der Waals surface area contributed by atoms with Crippen molar-refractivity contribution >= 4 is 22.8 Å². The van der Waals surface area contributed by atoms with Crippen molar-refractivity contribution in [1.82, 2.24) is 9.97 Å². The highest BCUT2D eigenvalue weighted by Gasteiger charge is 2.23. The van der Waals surface area contributed by atoms with Crippen LogP contribution in [-0.4, -0.2) is 36.7 Å². The second-order valence-corrected chi connectivity index (χ2v) is 8.14. The second kappa shape index (κ2) is 10.8. The first kappa shape index (κ1) is 23.9. The van der Waals surface area contributed by atoms with E-state index in [9.17, 15) is 4.79 Å². The van der Waals surface area contributed by atoms with Crippen molar-refractivity contribution in [2.75, 3.05) is 26.1 Å². The van der Waals surface area contributed by atoms with Gasteiger partial charge >= 0.3 is 5.97 Å². The number of furan rings is 1. The molecule has 0 aliphatic carbocycles. The van der Waals surface area contributed by atoms with E-state index in [1.54, 1.807) is 7.11 Å². The SMILES string of the molecule is COC(=O)CCNc1cccc(Oc2ncnc3oc(-c4ccccc4)c(-c4ccc(OC)cc4)c23)c1. The van der Waals surface area contributed by atoms with E-state index < -0.39 is 0 Å². The minimum Gasteiger partial charge on any atom is -0.497 e. The molecular formula is C29H25N3O5. The molecule has 0 spiro atoms. The fourth-order valence-corrected chi connectivity index (χ4v) is 4.00. The van der Waals surface area contributed by atoms with Crippen molar-refractivity contribution in [3.8, 4) is 39.8 Å². The van der Waals surface area contributed by atoms with Gasteiger partial charge in [0.1, 0.15) is 29.0 Å². The van der Waals surface area contributed by atoms with E-state index in [0.717, 1.165) is 28.1 Å². The van der Waals surface area contributed by atoms with E-state index in [4.69, 9.17) is 18.6 Å². The molecule has 3 aromatic carbocycles. The van der Waals surface area contributed by atoms with Gasteiger partial charge in [-0.3, -0.25) is 4.79 Å². The predicted octanol–water partition coefficient (Wildman–Crippen LogP) is 6.33. The number of hydrogen-bond acceptors (Lipinski definition) is 8. The molecule has 0 aliphatic rings. The number of methoxy groups -OCH3 is 2. The lowest BCUT2D eigenvalue weighted by atomic mass is 9.99. The highest BCUT2D eigenvalue weighted by Crippen LogP contribution is 2.44. The minimum atomic E-state index is -0.275. The zero-order valence-corrected chi connectivity index (χ0v) is 20.4. The average molecular weight is 496 g/mol. The molecule has 37 heavy (non-hydrogen) atoms. The summed E-state index contributed by atoms with van der Waals surface area (Å²) < 4.78 is 22.6. The largest absolute Gasteiger partial charge is 0.497 e. The van der Waals surface area contributed by atoms with E-state index in [2.05, 4.69) is 15.3 Å². The Morgan fingerprint density at radius 2 is 1.70 bits per heavy atom. The lowest BCUT2D eigenvalue weighted by Gasteiger charge is -2.10. The summed E-state index contributed by atoms with van der Waals surface area (Å²) in [7, 11) is 3.01. The van der Waals surface area contributed by atoms with Crippen LogP contribution in [-0.2, 0) is 9.53 Å². The third-order valence-electron chi connectivity index (χ3n) is 5.80. The van der Waals surface area contributed by atoms with Crippen LogP contribution in [0.4, 0.5) is 5.69 Å². The Balaban J connectivity index is 1.56. The fourth-order valence-electron chi connectivity index (χ4n) is 4.00. The Kier molecular flexibility index (Phi) is 6.98. The number of fused-ring (bicyclic) bond motifs is 1. The summed E-state index contributed by atoms with van der Waals surface area (Å²) in [4.78, 5) is 20.3. The van der Waals surface area contributed by atoms with E-state index in [1.807, 2.05) is 78.9 Å². The fraction of sp³-hybridized carbons (Fsp3) is 0.138. The molecule has 0 unspecified atom stereocenters. The standard InChI is InChI=1S/C29H25N3O5/c1-34-22-13-11-19(12-14-22)25-26-28(31-18-32-29(26)37-27(25)20-7-4-3-5-8-20)36-23-10-6-9-21(17-23)30-16-15-24(33)35-2/h3-14,17-18,30H,15-16H2,1-2H3. The molecule has 0 amide bonds. The predicted molar refractivity (Wildman–Crippen MR) is 141 cm³/mol. The van der Waals surface area contributed by atoms with Crippen LogP contribution in [0, 0.1) is 0 Å². The van der Waals surface area contributed by atoms with Gasteiger partial charge in [-0.2, -0.15) is 0 Å². The van der Waals surface area contributed by atoms with Gasteiger partial charge in [-0.15, -0.1) is 0 Å². The summed E-state index contributed by atoms with van der Waals surface area (Å²) in [6.45, 7) is 0.442. The lowest BCUT2D eigenvalue weighted by Crippen LogP contribution is -2.09. The Bertz CT molecular complexity index is 1510. The number of anilines is 1. The molecule has 8 heteroatoms. The topological polar surface area (TPSA) is 95.7 Å². The maximum Gasteiger partial charge on any atom is 0.307 e. The van der Waals surface area contributed by atoms with Crippen LogP contribution in [0.3, 0.4) is 0 Å². The van der Waals surface area contributed by atoms with Crippen molar-refractivity contribution in [2.45, 2.75) is 6.42 Å². The van der Waals surface area contributed by atoms with Crippen LogP contribution < -0.4 is 14.8 Å². The zero-order chi connectivity index (χ0) is 25.6. The molecule has 0 saturated carbocycles. The summed E-state index contributed by atoms with van der Waals surface area (Å²) in [5.74, 6) is 2.09. The van der Waals surface area contributed by atoms with Crippen LogP contribution in [0.2, 0.25) is 0 Å². The number of rotatable bonds is 9. The molecule has 0 saturated heterocycles. The molecule has 186 valence electrons. The number of carbonyl (C=O) groups is 1. The average Bonchev–Trinajstić information content (AvgIpc) is 3.34. The first-order valence-electron chi connectivity index (χ1n) is 11.7. The molecule has 0 fully saturated rings. The van der Waals surface area contributed by atoms with Crippen LogP contribution in [0.1, 0.15) is 6.42 Å². The Morgan fingerprint density at radius 3 is 2.46 bits per heavy atom. The Hall–Kier alpha value is -4.85. The minimum absolute atomic E-state index is 0.261. The highest BCUT2D eigenvalue weighted by molar-refractivity contribution is 6.03. The van der Waals surface area contributed by atoms with Crippen LogP contribution >= 0.6 is 0 Å². The molecular weight excluding hydrogens is 470 g/mol. The first-order chi connectivity index (χ1) is 18.2. The molecule has 5 rings (SSSR count). The number of ether oxygens (including phenoxy) is 3. The quantitative estimate of drug-likeness (QED) is 0.237. The Labute approximate surface area is 213 Å². The zero-order valence-electron chi connectivity index (χ0n) is 20.4. The highest BCUT2D eigenvalue weighted by atomic mass is 16.5. The van der Waals surface area contributed by atoms with E-state index in [1.165, 1.54) is 13.4 Å². The van der Waals surface area contributed by atoms with Gasteiger partial charge in [-0.1, -0.05) is 48.5 Å². The summed E-state index contributed by atoms with van der Waals surface area (Å²) in [5.41, 5.74) is 3.87. The summed E-state index contributed by atoms with van der Waals surface area (Å²) in [6, 6.07) is 25.0. The normalized spacial score (nSPS) is 10.8. The number of benzene rings is 3. The maximum atomic E-state index is 11.4. The number of carbonyl (C=O) groups excluding carboxylic acids is 1. The molecule has 0 atom stereocenters. The number of nitrogens with zero attached hydrogens (tertiary/aromatic N) is 2. The van der Waals surface area contributed by atoms with Gasteiger partial charge in [0, 0.05) is 29.4 Å². The molecule has 2 aromatic heterocycles. The van der Waals surface area contributed by atoms with Gasteiger partial charge in [-0.05, 0) is 29.8 Å². The van der Waals surface area contributed by atoms with Crippen molar-refractivity contribution in [2.24, 2.45) is 0 Å². The molecule has 1 N–H and O–H groups in total. The van der Waals surface area contributed by atoms with E-state index >= 15 is 0 Å². The van der Waals surface area contributed by atoms with Gasteiger partial charge in [0.25, 0.3) is 0 Å². The van der Waals surface area contributed by atoms with Crippen molar-refractivity contribution in [3.63, 3.8) is 0 Å². The second-order valence-electron chi connectivity index (χ2n) is 8.14. The summed E-state index contributed by atoms with van der Waals surface area (Å²) >= 11 is 0. The number of nitrogens with one attached hydrogen (secondary N) is 1. The molecule has 0 radical (unpaired) electrons. The molecule has 0 bridgehead atoms. The molecule has 8 nitrogen and oxygen atoms in total.